The van der Waals surface area contributed by atoms with Gasteiger partial charge in [-0.3, -0.25) is 9.59 Å². The van der Waals surface area contributed by atoms with E-state index in [1.54, 1.807) is 11.8 Å². The minimum atomic E-state index is -0.0994. The normalized spacial score (nSPS) is 11.9. The van der Waals surface area contributed by atoms with Gasteiger partial charge in [0.25, 0.3) is 11.8 Å². The number of amides is 2. The van der Waals surface area contributed by atoms with Gasteiger partial charge < -0.3 is 15.5 Å². The molecule has 1 unspecified atom stereocenters. The van der Waals surface area contributed by atoms with Gasteiger partial charge in [-0.1, -0.05) is 42.5 Å². The molecular formula is C21H28N3O2S+. The van der Waals surface area contributed by atoms with Gasteiger partial charge in [-0.15, -0.1) is 11.8 Å². The van der Waals surface area contributed by atoms with Gasteiger partial charge in [0.1, 0.15) is 0 Å². The summed E-state index contributed by atoms with van der Waals surface area (Å²) in [5, 5.41) is 5.82. The molecule has 2 aromatic carbocycles. The third-order valence-corrected chi connectivity index (χ3v) is 4.92. The van der Waals surface area contributed by atoms with Gasteiger partial charge in [0, 0.05) is 16.7 Å². The molecule has 1 atom stereocenters. The van der Waals surface area contributed by atoms with E-state index in [-0.39, 0.29) is 30.9 Å². The average Bonchev–Trinajstić information content (AvgIpc) is 2.60. The Kier molecular flexibility index (Phi) is 8.36. The van der Waals surface area contributed by atoms with E-state index in [0.717, 1.165) is 21.2 Å². The standard InChI is InChI=1S/C21H27N3O2S/c1-16(2)22-20(25)13-24(3)14-21(26)23-18-11-7-8-12-19(18)27-15-17-9-5-4-6-10-17/h4-12,16H,13-15H2,1-3H3,(H,22,25)(H,23,26)/p+1. The number of para-hydroxylation sites is 1. The summed E-state index contributed by atoms with van der Waals surface area (Å²) >= 11 is 1.69. The van der Waals surface area contributed by atoms with Crippen LogP contribution in [0, 0.1) is 0 Å². The molecule has 0 saturated heterocycles. The summed E-state index contributed by atoms with van der Waals surface area (Å²) in [6.45, 7) is 4.35. The molecular weight excluding hydrogens is 358 g/mol. The number of carbonyl (C=O) groups excluding carboxylic acids is 2. The maximum Gasteiger partial charge on any atom is 0.279 e. The van der Waals surface area contributed by atoms with Crippen LogP contribution in [0.5, 0.6) is 0 Å². The number of hydrogen-bond acceptors (Lipinski definition) is 3. The maximum absolute atomic E-state index is 12.4. The van der Waals surface area contributed by atoms with Crippen LogP contribution in [-0.2, 0) is 15.3 Å². The van der Waals surface area contributed by atoms with E-state index < -0.39 is 0 Å². The highest BCUT2D eigenvalue weighted by Crippen LogP contribution is 2.29. The Balaban J connectivity index is 1.89. The Bertz CT molecular complexity index is 750. The lowest BCUT2D eigenvalue weighted by Crippen LogP contribution is -3.11. The van der Waals surface area contributed by atoms with E-state index in [9.17, 15) is 9.59 Å². The molecule has 6 heteroatoms. The monoisotopic (exact) mass is 386 g/mol. The number of quaternary nitrogens is 1. The van der Waals surface area contributed by atoms with Crippen molar-refractivity contribution in [2.45, 2.75) is 30.5 Å². The van der Waals surface area contributed by atoms with Crippen LogP contribution in [0.1, 0.15) is 19.4 Å². The molecule has 5 nitrogen and oxygen atoms in total. The van der Waals surface area contributed by atoms with E-state index in [1.807, 2.05) is 63.4 Å². The Hall–Kier alpha value is -2.31. The predicted molar refractivity (Wildman–Crippen MR) is 111 cm³/mol. The highest BCUT2D eigenvalue weighted by Gasteiger charge is 2.15. The largest absolute Gasteiger partial charge is 0.349 e. The van der Waals surface area contributed by atoms with Crippen LogP contribution in [0.2, 0.25) is 0 Å². The highest BCUT2D eigenvalue weighted by molar-refractivity contribution is 7.98. The second-order valence-electron chi connectivity index (χ2n) is 6.85. The summed E-state index contributed by atoms with van der Waals surface area (Å²) in [6, 6.07) is 18.1. The molecule has 2 aromatic rings. The lowest BCUT2D eigenvalue weighted by atomic mass is 10.2. The quantitative estimate of drug-likeness (QED) is 0.578. The van der Waals surface area contributed by atoms with Crippen LogP contribution in [-0.4, -0.2) is 38.0 Å². The molecule has 0 bridgehead atoms. The predicted octanol–water partition coefficient (Wildman–Crippen LogP) is 1.96. The Morgan fingerprint density at radius 1 is 0.963 bits per heavy atom. The van der Waals surface area contributed by atoms with Crippen molar-refractivity contribution in [1.29, 1.82) is 0 Å². The van der Waals surface area contributed by atoms with Gasteiger partial charge in [0.15, 0.2) is 13.1 Å². The van der Waals surface area contributed by atoms with Crippen molar-refractivity contribution in [3.63, 3.8) is 0 Å². The van der Waals surface area contributed by atoms with Gasteiger partial charge in [-0.25, -0.2) is 0 Å². The molecule has 0 aromatic heterocycles. The summed E-state index contributed by atoms with van der Waals surface area (Å²) < 4.78 is 0. The minimum absolute atomic E-state index is 0.0471. The van der Waals surface area contributed by atoms with E-state index in [4.69, 9.17) is 0 Å². The Labute approximate surface area is 165 Å². The lowest BCUT2D eigenvalue weighted by molar-refractivity contribution is -0.862. The number of thioether (sulfide) groups is 1. The number of anilines is 1. The molecule has 0 saturated carbocycles. The molecule has 0 fully saturated rings. The zero-order chi connectivity index (χ0) is 19.6. The van der Waals surface area contributed by atoms with Crippen molar-refractivity contribution in [2.75, 3.05) is 25.5 Å². The SMILES string of the molecule is CC(C)NC(=O)C[NH+](C)CC(=O)Nc1ccccc1SCc1ccccc1. The van der Waals surface area contributed by atoms with Gasteiger partial charge in [-0.2, -0.15) is 0 Å². The number of likely N-dealkylation sites (N-methyl/N-ethyl adjacent to an activating group) is 1. The summed E-state index contributed by atoms with van der Waals surface area (Å²) in [5.41, 5.74) is 2.05. The maximum atomic E-state index is 12.4. The zero-order valence-electron chi connectivity index (χ0n) is 16.1. The third kappa shape index (κ3) is 7.85. The number of benzene rings is 2. The number of nitrogens with one attached hydrogen (secondary N) is 3. The fourth-order valence-corrected chi connectivity index (χ4v) is 3.57. The van der Waals surface area contributed by atoms with E-state index in [2.05, 4.69) is 22.8 Å². The van der Waals surface area contributed by atoms with E-state index >= 15 is 0 Å². The smallest absolute Gasteiger partial charge is 0.279 e. The van der Waals surface area contributed by atoms with Gasteiger partial charge in [0.2, 0.25) is 0 Å². The van der Waals surface area contributed by atoms with E-state index in [1.165, 1.54) is 5.56 Å². The molecule has 0 aliphatic carbocycles. The summed E-state index contributed by atoms with van der Waals surface area (Å²) in [6.07, 6.45) is 0. The fourth-order valence-electron chi connectivity index (χ4n) is 2.61. The summed E-state index contributed by atoms with van der Waals surface area (Å²) in [4.78, 5) is 26.1. The molecule has 0 radical (unpaired) electrons. The van der Waals surface area contributed by atoms with Gasteiger partial charge >= 0.3 is 0 Å². The molecule has 0 aliphatic rings. The van der Waals surface area contributed by atoms with Crippen LogP contribution < -0.4 is 15.5 Å². The highest BCUT2D eigenvalue weighted by atomic mass is 32.2. The molecule has 144 valence electrons. The van der Waals surface area contributed by atoms with Crippen LogP contribution >= 0.6 is 11.8 Å². The Morgan fingerprint density at radius 2 is 1.59 bits per heavy atom. The van der Waals surface area contributed by atoms with Crippen LogP contribution in [0.3, 0.4) is 0 Å². The zero-order valence-corrected chi connectivity index (χ0v) is 16.9. The first-order valence-corrected chi connectivity index (χ1v) is 10.1. The van der Waals surface area contributed by atoms with Crippen molar-refractivity contribution in [1.82, 2.24) is 5.32 Å². The number of rotatable bonds is 9. The molecule has 0 spiro atoms. The second-order valence-corrected chi connectivity index (χ2v) is 7.87. The summed E-state index contributed by atoms with van der Waals surface area (Å²) in [7, 11) is 1.84. The first kappa shape index (κ1) is 21.0. The lowest BCUT2D eigenvalue weighted by Gasteiger charge is -2.16. The number of carbonyl (C=O) groups is 2. The summed E-state index contributed by atoms with van der Waals surface area (Å²) in [5.74, 6) is 0.695. The van der Waals surface area contributed by atoms with Gasteiger partial charge in [0.05, 0.1) is 12.7 Å². The molecule has 2 amide bonds. The van der Waals surface area contributed by atoms with Gasteiger partial charge in [-0.05, 0) is 31.5 Å². The first-order valence-electron chi connectivity index (χ1n) is 9.10. The van der Waals surface area contributed by atoms with Crippen molar-refractivity contribution < 1.29 is 14.5 Å². The van der Waals surface area contributed by atoms with E-state index in [0.29, 0.717) is 0 Å². The Morgan fingerprint density at radius 3 is 2.30 bits per heavy atom. The minimum Gasteiger partial charge on any atom is -0.349 e. The topological polar surface area (TPSA) is 62.6 Å². The van der Waals surface area contributed by atoms with Crippen molar-refractivity contribution in [2.24, 2.45) is 0 Å². The molecule has 2 rings (SSSR count). The van der Waals surface area contributed by atoms with Crippen LogP contribution in [0.15, 0.2) is 59.5 Å². The molecule has 27 heavy (non-hydrogen) atoms. The first-order chi connectivity index (χ1) is 12.9. The molecule has 3 N–H and O–H groups in total. The molecule has 0 heterocycles. The second kappa shape index (κ2) is 10.7. The van der Waals surface area contributed by atoms with Crippen LogP contribution in [0.4, 0.5) is 5.69 Å². The average molecular weight is 387 g/mol. The van der Waals surface area contributed by atoms with Crippen molar-refractivity contribution in [3.05, 3.63) is 60.2 Å². The third-order valence-electron chi connectivity index (χ3n) is 3.77. The number of hydrogen-bond donors (Lipinski definition) is 3. The van der Waals surface area contributed by atoms with Crippen LogP contribution in [0.25, 0.3) is 0 Å². The van der Waals surface area contributed by atoms with Crippen molar-refractivity contribution in [3.8, 4) is 0 Å². The molecule has 0 aliphatic heterocycles. The fraction of sp³-hybridized carbons (Fsp3) is 0.333. The van der Waals surface area contributed by atoms with Crippen molar-refractivity contribution >= 4 is 29.3 Å².